The molecular weight excluding hydrogens is 244 g/mol. The molecule has 1 atom stereocenters. The van der Waals surface area contributed by atoms with Crippen molar-refractivity contribution in [1.29, 1.82) is 0 Å². The molecule has 1 aromatic rings. The summed E-state index contributed by atoms with van der Waals surface area (Å²) in [7, 11) is 0. The topological polar surface area (TPSA) is 20.2 Å². The van der Waals surface area contributed by atoms with E-state index in [1.807, 2.05) is 0 Å². The van der Waals surface area contributed by atoms with Crippen molar-refractivity contribution in [1.82, 2.24) is 0 Å². The Bertz CT molecular complexity index is 404. The van der Waals surface area contributed by atoms with Crippen LogP contribution in [0.5, 0.6) is 0 Å². The molecule has 1 N–H and O–H groups in total. The van der Waals surface area contributed by atoms with Crippen molar-refractivity contribution >= 4 is 0 Å². The first-order valence-electron chi connectivity index (χ1n) is 8.14. The summed E-state index contributed by atoms with van der Waals surface area (Å²) in [4.78, 5) is 0. The van der Waals surface area contributed by atoms with Gasteiger partial charge in [0.2, 0.25) is 0 Å². The van der Waals surface area contributed by atoms with Crippen molar-refractivity contribution in [3.05, 3.63) is 35.4 Å². The number of benzene rings is 1. The highest BCUT2D eigenvalue weighted by atomic mass is 16.3. The highest BCUT2D eigenvalue weighted by molar-refractivity contribution is 5.27. The Hall–Kier alpha value is -0.820. The minimum atomic E-state index is -0.164. The first-order valence-corrected chi connectivity index (χ1v) is 8.14. The normalized spacial score (nSPS) is 25.4. The maximum absolute atomic E-state index is 10.4. The minimum absolute atomic E-state index is 0.164. The fourth-order valence-electron chi connectivity index (χ4n) is 3.22. The fraction of sp³-hybridized carbons (Fsp3) is 0.684. The SMILES string of the molecule is CC1CCC(C(O)Cc2ccc(C(C)(C)C)cc2)CC1. The number of aliphatic hydroxyl groups is 1. The Labute approximate surface area is 124 Å². The Kier molecular flexibility index (Phi) is 4.90. The van der Waals surface area contributed by atoms with Crippen LogP contribution in [0.25, 0.3) is 0 Å². The van der Waals surface area contributed by atoms with Gasteiger partial charge in [0.15, 0.2) is 0 Å². The third kappa shape index (κ3) is 4.09. The second-order valence-corrected chi connectivity index (χ2v) is 7.74. The van der Waals surface area contributed by atoms with E-state index in [-0.39, 0.29) is 11.5 Å². The summed E-state index contributed by atoms with van der Waals surface area (Å²) in [5, 5.41) is 10.4. The lowest BCUT2D eigenvalue weighted by Crippen LogP contribution is -2.26. The molecule has 0 radical (unpaired) electrons. The van der Waals surface area contributed by atoms with Crippen molar-refractivity contribution in [2.24, 2.45) is 11.8 Å². The van der Waals surface area contributed by atoms with Gasteiger partial charge in [0, 0.05) is 0 Å². The molecule has 1 aliphatic rings. The van der Waals surface area contributed by atoms with E-state index in [4.69, 9.17) is 0 Å². The molecule has 0 heterocycles. The molecule has 1 fully saturated rings. The molecule has 1 aliphatic carbocycles. The van der Waals surface area contributed by atoms with E-state index in [1.165, 1.54) is 36.8 Å². The van der Waals surface area contributed by atoms with Crippen LogP contribution in [-0.2, 0) is 11.8 Å². The molecule has 1 heteroatoms. The smallest absolute Gasteiger partial charge is 0.0608 e. The molecule has 112 valence electrons. The Morgan fingerprint density at radius 2 is 1.60 bits per heavy atom. The molecule has 20 heavy (non-hydrogen) atoms. The molecule has 0 saturated heterocycles. The molecule has 0 aliphatic heterocycles. The highest BCUT2D eigenvalue weighted by Gasteiger charge is 2.24. The summed E-state index contributed by atoms with van der Waals surface area (Å²) in [6, 6.07) is 8.81. The molecule has 0 amide bonds. The van der Waals surface area contributed by atoms with Crippen molar-refractivity contribution in [3.8, 4) is 0 Å². The minimum Gasteiger partial charge on any atom is -0.392 e. The van der Waals surface area contributed by atoms with Crippen molar-refractivity contribution in [2.75, 3.05) is 0 Å². The maximum Gasteiger partial charge on any atom is 0.0608 e. The van der Waals surface area contributed by atoms with Gasteiger partial charge in [-0.15, -0.1) is 0 Å². The number of rotatable bonds is 3. The van der Waals surface area contributed by atoms with Crippen LogP contribution in [0.2, 0.25) is 0 Å². The summed E-state index contributed by atoms with van der Waals surface area (Å²) < 4.78 is 0. The van der Waals surface area contributed by atoms with E-state index < -0.39 is 0 Å². The van der Waals surface area contributed by atoms with Gasteiger partial charge >= 0.3 is 0 Å². The van der Waals surface area contributed by atoms with Crippen molar-refractivity contribution in [3.63, 3.8) is 0 Å². The first kappa shape index (κ1) is 15.6. The third-order valence-electron chi connectivity index (χ3n) is 4.87. The van der Waals surface area contributed by atoms with E-state index >= 15 is 0 Å². The monoisotopic (exact) mass is 274 g/mol. The number of aliphatic hydroxyl groups excluding tert-OH is 1. The van der Waals surface area contributed by atoms with Gasteiger partial charge in [0.05, 0.1) is 6.10 Å². The molecule has 1 aromatic carbocycles. The van der Waals surface area contributed by atoms with Crippen LogP contribution >= 0.6 is 0 Å². The Balaban J connectivity index is 1.93. The van der Waals surface area contributed by atoms with E-state index in [9.17, 15) is 5.11 Å². The standard InChI is InChI=1S/C19H30O/c1-14-5-9-16(10-6-14)18(20)13-15-7-11-17(12-8-15)19(2,3)4/h7-8,11-12,14,16,18,20H,5-6,9-10,13H2,1-4H3. The van der Waals surface area contributed by atoms with Gasteiger partial charge in [-0.05, 0) is 47.6 Å². The van der Waals surface area contributed by atoms with Crippen LogP contribution in [-0.4, -0.2) is 11.2 Å². The van der Waals surface area contributed by atoms with Crippen molar-refractivity contribution in [2.45, 2.75) is 71.3 Å². The largest absolute Gasteiger partial charge is 0.392 e. The van der Waals surface area contributed by atoms with Gasteiger partial charge in [0.1, 0.15) is 0 Å². The molecule has 1 unspecified atom stereocenters. The van der Waals surface area contributed by atoms with Gasteiger partial charge in [-0.25, -0.2) is 0 Å². The van der Waals surface area contributed by atoms with Gasteiger partial charge in [-0.2, -0.15) is 0 Å². The lowest BCUT2D eigenvalue weighted by molar-refractivity contribution is 0.0761. The quantitative estimate of drug-likeness (QED) is 0.846. The van der Waals surface area contributed by atoms with Gasteiger partial charge < -0.3 is 5.11 Å². The summed E-state index contributed by atoms with van der Waals surface area (Å²) in [6.07, 6.45) is 5.60. The summed E-state index contributed by atoms with van der Waals surface area (Å²) in [6.45, 7) is 9.04. The molecule has 0 bridgehead atoms. The van der Waals surface area contributed by atoms with Crippen LogP contribution in [0.1, 0.15) is 64.5 Å². The van der Waals surface area contributed by atoms with Gasteiger partial charge in [-0.1, -0.05) is 64.8 Å². The third-order valence-corrected chi connectivity index (χ3v) is 4.87. The zero-order valence-electron chi connectivity index (χ0n) is 13.5. The molecule has 1 saturated carbocycles. The van der Waals surface area contributed by atoms with Gasteiger partial charge in [-0.3, -0.25) is 0 Å². The maximum atomic E-state index is 10.4. The van der Waals surface area contributed by atoms with Crippen LogP contribution in [0.15, 0.2) is 24.3 Å². The van der Waals surface area contributed by atoms with Crippen LogP contribution in [0, 0.1) is 11.8 Å². The summed E-state index contributed by atoms with van der Waals surface area (Å²) >= 11 is 0. The second kappa shape index (κ2) is 6.30. The molecular formula is C19H30O. The van der Waals surface area contributed by atoms with E-state index in [0.717, 1.165) is 12.3 Å². The second-order valence-electron chi connectivity index (χ2n) is 7.74. The summed E-state index contributed by atoms with van der Waals surface area (Å²) in [5.74, 6) is 1.36. The molecule has 2 rings (SSSR count). The average molecular weight is 274 g/mol. The van der Waals surface area contributed by atoms with E-state index in [2.05, 4.69) is 52.0 Å². The first-order chi connectivity index (χ1) is 9.36. The average Bonchev–Trinajstić information content (AvgIpc) is 2.39. The lowest BCUT2D eigenvalue weighted by atomic mass is 9.78. The fourth-order valence-corrected chi connectivity index (χ4v) is 3.22. The highest BCUT2D eigenvalue weighted by Crippen LogP contribution is 2.31. The van der Waals surface area contributed by atoms with E-state index in [1.54, 1.807) is 0 Å². The zero-order valence-corrected chi connectivity index (χ0v) is 13.5. The van der Waals surface area contributed by atoms with Crippen LogP contribution in [0.3, 0.4) is 0 Å². The Morgan fingerprint density at radius 1 is 1.05 bits per heavy atom. The Morgan fingerprint density at radius 3 is 2.10 bits per heavy atom. The predicted octanol–water partition coefficient (Wildman–Crippen LogP) is 4.71. The van der Waals surface area contributed by atoms with Gasteiger partial charge in [0.25, 0.3) is 0 Å². The zero-order chi connectivity index (χ0) is 14.8. The van der Waals surface area contributed by atoms with Crippen LogP contribution in [0.4, 0.5) is 0 Å². The number of hydrogen-bond donors (Lipinski definition) is 1. The van der Waals surface area contributed by atoms with Crippen LogP contribution < -0.4 is 0 Å². The van der Waals surface area contributed by atoms with E-state index in [0.29, 0.717) is 5.92 Å². The molecule has 0 aromatic heterocycles. The lowest BCUT2D eigenvalue weighted by Gasteiger charge is -2.30. The number of hydrogen-bond acceptors (Lipinski definition) is 1. The molecule has 0 spiro atoms. The summed E-state index contributed by atoms with van der Waals surface area (Å²) in [5.41, 5.74) is 2.84. The van der Waals surface area contributed by atoms with Crippen molar-refractivity contribution < 1.29 is 5.11 Å². The predicted molar refractivity (Wildman–Crippen MR) is 86.0 cm³/mol. The molecule has 1 nitrogen and oxygen atoms in total.